The van der Waals surface area contributed by atoms with E-state index in [0.717, 1.165) is 22.4 Å². The van der Waals surface area contributed by atoms with Gasteiger partial charge in [-0.3, -0.25) is 0 Å². The van der Waals surface area contributed by atoms with Crippen molar-refractivity contribution in [2.45, 2.75) is 20.4 Å². The molecule has 3 heteroatoms. The normalized spacial score (nSPS) is 10.3. The summed E-state index contributed by atoms with van der Waals surface area (Å²) in [5.41, 5.74) is 3.39. The fraction of sp³-hybridized carbons (Fsp3) is 0.200. The van der Waals surface area contributed by atoms with Crippen LogP contribution in [0, 0.1) is 13.8 Å². The molecule has 0 heterocycles. The summed E-state index contributed by atoms with van der Waals surface area (Å²) in [6, 6.07) is 11.0. The van der Waals surface area contributed by atoms with E-state index in [4.69, 9.17) is 0 Å². The Bertz CT molecular complexity index is 564. The second kappa shape index (κ2) is 5.00. The molecule has 0 aromatic heterocycles. The zero-order valence-corrected chi connectivity index (χ0v) is 10.6. The number of rotatable bonds is 3. The SMILES string of the molecule is Cc1ccc(NCc2ccccc2O)c(C)c1O. The van der Waals surface area contributed by atoms with E-state index in [1.807, 2.05) is 38.1 Å². The summed E-state index contributed by atoms with van der Waals surface area (Å²) in [5, 5.41) is 22.7. The summed E-state index contributed by atoms with van der Waals surface area (Å²) in [6.45, 7) is 4.26. The number of hydrogen-bond donors (Lipinski definition) is 3. The highest BCUT2D eigenvalue weighted by molar-refractivity contribution is 5.59. The van der Waals surface area contributed by atoms with E-state index in [1.165, 1.54) is 0 Å². The Labute approximate surface area is 107 Å². The minimum atomic E-state index is 0.277. The molecule has 3 N–H and O–H groups in total. The van der Waals surface area contributed by atoms with Gasteiger partial charge in [0.25, 0.3) is 0 Å². The van der Waals surface area contributed by atoms with Crippen LogP contribution in [0.4, 0.5) is 5.69 Å². The van der Waals surface area contributed by atoms with Crippen LogP contribution in [-0.2, 0) is 6.54 Å². The molecule has 0 saturated heterocycles. The van der Waals surface area contributed by atoms with Crippen molar-refractivity contribution in [2.24, 2.45) is 0 Å². The molecule has 2 rings (SSSR count). The van der Waals surface area contributed by atoms with Gasteiger partial charge in [0.05, 0.1) is 0 Å². The van der Waals surface area contributed by atoms with Crippen LogP contribution >= 0.6 is 0 Å². The Kier molecular flexibility index (Phi) is 3.42. The zero-order valence-electron chi connectivity index (χ0n) is 10.6. The van der Waals surface area contributed by atoms with Gasteiger partial charge in [-0.2, -0.15) is 0 Å². The van der Waals surface area contributed by atoms with Gasteiger partial charge < -0.3 is 15.5 Å². The van der Waals surface area contributed by atoms with E-state index in [1.54, 1.807) is 12.1 Å². The number of nitrogens with one attached hydrogen (secondary N) is 1. The van der Waals surface area contributed by atoms with Crippen LogP contribution in [0.2, 0.25) is 0 Å². The topological polar surface area (TPSA) is 52.5 Å². The Balaban J connectivity index is 2.17. The molecule has 18 heavy (non-hydrogen) atoms. The summed E-state index contributed by atoms with van der Waals surface area (Å²) < 4.78 is 0. The van der Waals surface area contributed by atoms with E-state index in [0.29, 0.717) is 12.3 Å². The van der Waals surface area contributed by atoms with E-state index in [-0.39, 0.29) is 5.75 Å². The Morgan fingerprint density at radius 2 is 1.72 bits per heavy atom. The quantitative estimate of drug-likeness (QED) is 0.775. The predicted octanol–water partition coefficient (Wildman–Crippen LogP) is 3.33. The van der Waals surface area contributed by atoms with Gasteiger partial charge in [0.2, 0.25) is 0 Å². The fourth-order valence-corrected chi connectivity index (χ4v) is 1.88. The summed E-state index contributed by atoms with van der Waals surface area (Å²) in [4.78, 5) is 0. The zero-order chi connectivity index (χ0) is 13.1. The maximum absolute atomic E-state index is 9.85. The van der Waals surface area contributed by atoms with Crippen LogP contribution in [0.1, 0.15) is 16.7 Å². The molecular formula is C15H17NO2. The molecule has 0 unspecified atom stereocenters. The third-order valence-electron chi connectivity index (χ3n) is 3.09. The van der Waals surface area contributed by atoms with Crippen molar-refractivity contribution in [1.82, 2.24) is 0 Å². The molecule has 0 aliphatic carbocycles. The molecule has 0 radical (unpaired) electrons. The Hall–Kier alpha value is -2.16. The number of benzene rings is 2. The molecule has 2 aromatic carbocycles. The smallest absolute Gasteiger partial charge is 0.123 e. The highest BCUT2D eigenvalue weighted by Gasteiger charge is 2.06. The van der Waals surface area contributed by atoms with Gasteiger partial charge in [0, 0.05) is 23.4 Å². The molecule has 0 fully saturated rings. The molecule has 0 amide bonds. The second-order valence-electron chi connectivity index (χ2n) is 4.39. The minimum absolute atomic E-state index is 0.277. The average molecular weight is 243 g/mol. The van der Waals surface area contributed by atoms with Crippen molar-refractivity contribution in [2.75, 3.05) is 5.32 Å². The Morgan fingerprint density at radius 1 is 1.00 bits per heavy atom. The minimum Gasteiger partial charge on any atom is -0.508 e. The number of aromatic hydroxyl groups is 2. The van der Waals surface area contributed by atoms with Crippen LogP contribution in [0.3, 0.4) is 0 Å². The van der Waals surface area contributed by atoms with Crippen molar-refractivity contribution >= 4 is 5.69 Å². The first-order chi connectivity index (χ1) is 8.59. The summed E-state index contributed by atoms with van der Waals surface area (Å²) in [5.74, 6) is 0.594. The molecule has 3 nitrogen and oxygen atoms in total. The van der Waals surface area contributed by atoms with Crippen LogP contribution in [0.15, 0.2) is 36.4 Å². The maximum atomic E-state index is 9.85. The molecular weight excluding hydrogens is 226 g/mol. The monoisotopic (exact) mass is 243 g/mol. The maximum Gasteiger partial charge on any atom is 0.123 e. The van der Waals surface area contributed by atoms with E-state index >= 15 is 0 Å². The lowest BCUT2D eigenvalue weighted by Gasteiger charge is -2.13. The third-order valence-corrected chi connectivity index (χ3v) is 3.09. The van der Waals surface area contributed by atoms with Crippen LogP contribution in [0.5, 0.6) is 11.5 Å². The lowest BCUT2D eigenvalue weighted by molar-refractivity contribution is 0.467. The fourth-order valence-electron chi connectivity index (χ4n) is 1.88. The lowest BCUT2D eigenvalue weighted by atomic mass is 10.1. The highest BCUT2D eigenvalue weighted by atomic mass is 16.3. The highest BCUT2D eigenvalue weighted by Crippen LogP contribution is 2.28. The average Bonchev–Trinajstić information content (AvgIpc) is 2.37. The van der Waals surface area contributed by atoms with Gasteiger partial charge in [-0.1, -0.05) is 24.3 Å². The Morgan fingerprint density at radius 3 is 2.44 bits per heavy atom. The number of phenols is 2. The summed E-state index contributed by atoms with van der Waals surface area (Å²) in [6.07, 6.45) is 0. The van der Waals surface area contributed by atoms with Crippen molar-refractivity contribution in [1.29, 1.82) is 0 Å². The molecule has 0 atom stereocenters. The van der Waals surface area contributed by atoms with Crippen LogP contribution < -0.4 is 5.32 Å². The standard InChI is InChI=1S/C15H17NO2/c1-10-7-8-13(11(2)15(10)18)16-9-12-5-3-4-6-14(12)17/h3-8,16-18H,9H2,1-2H3. The molecule has 0 aliphatic heterocycles. The van der Waals surface area contributed by atoms with E-state index < -0.39 is 0 Å². The van der Waals surface area contributed by atoms with Crippen molar-refractivity contribution in [3.8, 4) is 11.5 Å². The van der Waals surface area contributed by atoms with Gasteiger partial charge in [-0.15, -0.1) is 0 Å². The van der Waals surface area contributed by atoms with Gasteiger partial charge in [0.15, 0.2) is 0 Å². The van der Waals surface area contributed by atoms with Crippen molar-refractivity contribution in [3.05, 3.63) is 53.1 Å². The number of phenolic OH excluding ortho intramolecular Hbond substituents is 2. The van der Waals surface area contributed by atoms with Gasteiger partial charge in [-0.05, 0) is 31.5 Å². The number of aryl methyl sites for hydroxylation is 1. The first-order valence-corrected chi connectivity index (χ1v) is 5.89. The largest absolute Gasteiger partial charge is 0.508 e. The van der Waals surface area contributed by atoms with E-state index in [9.17, 15) is 10.2 Å². The number of anilines is 1. The second-order valence-corrected chi connectivity index (χ2v) is 4.39. The molecule has 0 spiro atoms. The first-order valence-electron chi connectivity index (χ1n) is 5.89. The van der Waals surface area contributed by atoms with Gasteiger partial charge >= 0.3 is 0 Å². The van der Waals surface area contributed by atoms with Gasteiger partial charge in [0.1, 0.15) is 11.5 Å². The predicted molar refractivity (Wildman–Crippen MR) is 73.0 cm³/mol. The van der Waals surface area contributed by atoms with Crippen molar-refractivity contribution < 1.29 is 10.2 Å². The molecule has 94 valence electrons. The molecule has 0 bridgehead atoms. The van der Waals surface area contributed by atoms with E-state index in [2.05, 4.69) is 5.32 Å². The van der Waals surface area contributed by atoms with Gasteiger partial charge in [-0.25, -0.2) is 0 Å². The number of hydrogen-bond acceptors (Lipinski definition) is 3. The first kappa shape index (κ1) is 12.3. The lowest BCUT2D eigenvalue weighted by Crippen LogP contribution is -2.01. The molecule has 0 saturated carbocycles. The van der Waals surface area contributed by atoms with Crippen LogP contribution in [-0.4, -0.2) is 10.2 Å². The summed E-state index contributed by atoms with van der Waals surface area (Å²) >= 11 is 0. The van der Waals surface area contributed by atoms with Crippen molar-refractivity contribution in [3.63, 3.8) is 0 Å². The van der Waals surface area contributed by atoms with Crippen LogP contribution in [0.25, 0.3) is 0 Å². The summed E-state index contributed by atoms with van der Waals surface area (Å²) in [7, 11) is 0. The number of para-hydroxylation sites is 1. The molecule has 2 aromatic rings. The molecule has 0 aliphatic rings. The third kappa shape index (κ3) is 2.40.